The number of carboxylic acid groups (broad SMARTS) is 1. The Morgan fingerprint density at radius 1 is 1.33 bits per heavy atom. The number of rotatable bonds is 8. The molecular formula is C19H22F3N3O5. The van der Waals surface area contributed by atoms with E-state index in [0.29, 0.717) is 38.8 Å². The van der Waals surface area contributed by atoms with Gasteiger partial charge in [0.1, 0.15) is 11.8 Å². The number of hydrogen-bond donors (Lipinski definition) is 1. The fourth-order valence-electron chi connectivity index (χ4n) is 3.29. The second-order valence-corrected chi connectivity index (χ2v) is 6.85. The molecule has 11 heteroatoms. The van der Waals surface area contributed by atoms with Gasteiger partial charge in [0, 0.05) is 25.8 Å². The Balaban J connectivity index is 1.80. The Kier molecular flexibility index (Phi) is 6.80. The van der Waals surface area contributed by atoms with E-state index in [4.69, 9.17) is 14.0 Å². The van der Waals surface area contributed by atoms with Crippen LogP contribution in [-0.2, 0) is 10.9 Å². The number of alkyl halides is 3. The standard InChI is InChI=1S/C19H22F3N3O5/c1-28-9-2-3-10-29-15-7-6-12(11-13(15)19(20,21)22)16-23-17(30-24-16)14-5-4-8-25(14)18(26)27/h6-7,11,14H,2-5,8-10H2,1H3,(H,26,27)/t14-/m0/s1. The highest BCUT2D eigenvalue weighted by atomic mass is 19.4. The van der Waals surface area contributed by atoms with E-state index in [-0.39, 0.29) is 29.6 Å². The number of halogens is 3. The van der Waals surface area contributed by atoms with Crippen LogP contribution in [0, 0.1) is 0 Å². The molecule has 0 bridgehead atoms. The van der Waals surface area contributed by atoms with Crippen LogP contribution in [0.1, 0.15) is 43.2 Å². The second-order valence-electron chi connectivity index (χ2n) is 6.85. The molecule has 8 nitrogen and oxygen atoms in total. The summed E-state index contributed by atoms with van der Waals surface area (Å²) in [5.74, 6) is -0.253. The summed E-state index contributed by atoms with van der Waals surface area (Å²) in [5, 5.41) is 13.0. The molecule has 1 aromatic carbocycles. The summed E-state index contributed by atoms with van der Waals surface area (Å²) in [4.78, 5) is 16.6. The molecule has 2 heterocycles. The maximum Gasteiger partial charge on any atom is 0.419 e. The SMILES string of the molecule is COCCCCOc1ccc(-c2noc([C@@H]3CCCN3C(=O)O)n2)cc1C(F)(F)F. The molecule has 1 aromatic heterocycles. The smallest absolute Gasteiger partial charge is 0.419 e. The fraction of sp³-hybridized carbons (Fsp3) is 0.526. The van der Waals surface area contributed by atoms with Crippen molar-refractivity contribution >= 4 is 6.09 Å². The van der Waals surface area contributed by atoms with Crippen LogP contribution in [0.15, 0.2) is 22.7 Å². The van der Waals surface area contributed by atoms with Crippen LogP contribution in [0.25, 0.3) is 11.4 Å². The van der Waals surface area contributed by atoms with Gasteiger partial charge in [-0.3, -0.25) is 4.90 Å². The van der Waals surface area contributed by atoms with Crippen molar-refractivity contribution in [3.05, 3.63) is 29.7 Å². The molecule has 0 radical (unpaired) electrons. The molecule has 0 spiro atoms. The zero-order valence-corrected chi connectivity index (χ0v) is 16.3. The Bertz CT molecular complexity index is 871. The third-order valence-corrected chi connectivity index (χ3v) is 4.77. The first kappa shape index (κ1) is 21.9. The normalized spacial score (nSPS) is 16.8. The summed E-state index contributed by atoms with van der Waals surface area (Å²) in [6.07, 6.45) is -3.35. The van der Waals surface area contributed by atoms with E-state index in [9.17, 15) is 23.1 Å². The summed E-state index contributed by atoms with van der Waals surface area (Å²) < 4.78 is 56.0. The first-order chi connectivity index (χ1) is 14.3. The van der Waals surface area contributed by atoms with E-state index in [1.807, 2.05) is 0 Å². The molecule has 1 saturated heterocycles. The van der Waals surface area contributed by atoms with E-state index >= 15 is 0 Å². The average molecular weight is 429 g/mol. The number of nitrogens with zero attached hydrogens (tertiary/aromatic N) is 3. The lowest BCUT2D eigenvalue weighted by Crippen LogP contribution is -2.28. The number of likely N-dealkylation sites (tertiary alicyclic amines) is 1. The molecule has 0 saturated carbocycles. The number of aromatic nitrogens is 2. The van der Waals surface area contributed by atoms with Gasteiger partial charge in [0.25, 0.3) is 0 Å². The Hall–Kier alpha value is -2.82. The molecule has 30 heavy (non-hydrogen) atoms. The molecule has 1 amide bonds. The Morgan fingerprint density at radius 3 is 2.80 bits per heavy atom. The van der Waals surface area contributed by atoms with E-state index in [0.717, 1.165) is 6.07 Å². The van der Waals surface area contributed by atoms with Gasteiger partial charge in [0.05, 0.1) is 12.2 Å². The largest absolute Gasteiger partial charge is 0.493 e. The third-order valence-electron chi connectivity index (χ3n) is 4.77. The van der Waals surface area contributed by atoms with Crippen molar-refractivity contribution in [2.45, 2.75) is 37.9 Å². The van der Waals surface area contributed by atoms with Crippen molar-refractivity contribution in [2.24, 2.45) is 0 Å². The Labute approximate surface area is 170 Å². The van der Waals surface area contributed by atoms with Crippen LogP contribution in [0.3, 0.4) is 0 Å². The predicted molar refractivity (Wildman–Crippen MR) is 98.0 cm³/mol. The molecule has 0 aliphatic carbocycles. The van der Waals surface area contributed by atoms with Crippen LogP contribution in [-0.4, -0.2) is 53.1 Å². The maximum atomic E-state index is 13.5. The summed E-state index contributed by atoms with van der Waals surface area (Å²) in [6, 6.07) is 2.95. The molecule has 1 fully saturated rings. The lowest BCUT2D eigenvalue weighted by atomic mass is 10.1. The van der Waals surface area contributed by atoms with Crippen LogP contribution >= 0.6 is 0 Å². The summed E-state index contributed by atoms with van der Waals surface area (Å²) in [6.45, 7) is 0.978. The third kappa shape index (κ3) is 5.02. The van der Waals surface area contributed by atoms with Gasteiger partial charge in [-0.05, 0) is 43.9 Å². The van der Waals surface area contributed by atoms with Crippen molar-refractivity contribution in [1.29, 1.82) is 0 Å². The number of benzene rings is 1. The van der Waals surface area contributed by atoms with Gasteiger partial charge < -0.3 is 19.1 Å². The van der Waals surface area contributed by atoms with Gasteiger partial charge in [-0.1, -0.05) is 5.16 Å². The van der Waals surface area contributed by atoms with Crippen molar-refractivity contribution in [3.8, 4) is 17.1 Å². The van der Waals surface area contributed by atoms with Gasteiger partial charge in [0.2, 0.25) is 11.7 Å². The van der Waals surface area contributed by atoms with E-state index in [1.54, 1.807) is 7.11 Å². The van der Waals surface area contributed by atoms with E-state index < -0.39 is 23.9 Å². The number of amides is 1. The number of methoxy groups -OCH3 is 1. The summed E-state index contributed by atoms with van der Waals surface area (Å²) >= 11 is 0. The summed E-state index contributed by atoms with van der Waals surface area (Å²) in [5.41, 5.74) is -0.838. The number of ether oxygens (including phenoxy) is 2. The first-order valence-electron chi connectivity index (χ1n) is 9.47. The summed E-state index contributed by atoms with van der Waals surface area (Å²) in [7, 11) is 1.55. The highest BCUT2D eigenvalue weighted by Gasteiger charge is 2.36. The van der Waals surface area contributed by atoms with Gasteiger partial charge >= 0.3 is 12.3 Å². The topological polar surface area (TPSA) is 97.9 Å². The van der Waals surface area contributed by atoms with Gasteiger partial charge in [-0.2, -0.15) is 18.2 Å². The minimum atomic E-state index is -4.63. The average Bonchev–Trinajstić information content (AvgIpc) is 3.36. The minimum absolute atomic E-state index is 0.0422. The van der Waals surface area contributed by atoms with Crippen molar-refractivity contribution in [2.75, 3.05) is 26.9 Å². The first-order valence-corrected chi connectivity index (χ1v) is 9.47. The van der Waals surface area contributed by atoms with Gasteiger partial charge in [0.15, 0.2) is 0 Å². The predicted octanol–water partition coefficient (Wildman–Crippen LogP) is 4.38. The number of hydrogen-bond acceptors (Lipinski definition) is 6. The van der Waals surface area contributed by atoms with Gasteiger partial charge in [-0.15, -0.1) is 0 Å². The molecule has 164 valence electrons. The quantitative estimate of drug-likeness (QED) is 0.622. The highest BCUT2D eigenvalue weighted by molar-refractivity contribution is 5.66. The fourth-order valence-corrected chi connectivity index (χ4v) is 3.29. The van der Waals surface area contributed by atoms with Crippen molar-refractivity contribution < 1.29 is 37.1 Å². The van der Waals surface area contributed by atoms with Gasteiger partial charge in [-0.25, -0.2) is 4.79 Å². The highest BCUT2D eigenvalue weighted by Crippen LogP contribution is 2.39. The molecule has 2 aromatic rings. The zero-order valence-electron chi connectivity index (χ0n) is 16.3. The lowest BCUT2D eigenvalue weighted by Gasteiger charge is -2.17. The molecule has 1 atom stereocenters. The zero-order chi connectivity index (χ0) is 21.7. The van der Waals surface area contributed by atoms with Crippen LogP contribution in [0.2, 0.25) is 0 Å². The van der Waals surface area contributed by atoms with Crippen molar-refractivity contribution in [3.63, 3.8) is 0 Å². The molecule has 1 aliphatic rings. The van der Waals surface area contributed by atoms with Crippen LogP contribution < -0.4 is 4.74 Å². The molecule has 1 aliphatic heterocycles. The lowest BCUT2D eigenvalue weighted by molar-refractivity contribution is -0.138. The monoisotopic (exact) mass is 429 g/mol. The minimum Gasteiger partial charge on any atom is -0.493 e. The molecule has 1 N–H and O–H groups in total. The Morgan fingerprint density at radius 2 is 2.10 bits per heavy atom. The van der Waals surface area contributed by atoms with E-state index in [2.05, 4.69) is 10.1 Å². The molecule has 3 rings (SSSR count). The van der Waals surface area contributed by atoms with Crippen LogP contribution in [0.4, 0.5) is 18.0 Å². The number of carbonyl (C=O) groups is 1. The van der Waals surface area contributed by atoms with Crippen LogP contribution in [0.5, 0.6) is 5.75 Å². The number of unbranched alkanes of at least 4 members (excludes halogenated alkanes) is 1. The van der Waals surface area contributed by atoms with E-state index in [1.165, 1.54) is 17.0 Å². The molecule has 0 unspecified atom stereocenters. The van der Waals surface area contributed by atoms with Crippen molar-refractivity contribution in [1.82, 2.24) is 15.0 Å². The molecular weight excluding hydrogens is 407 g/mol. The maximum absolute atomic E-state index is 13.5. The second kappa shape index (κ2) is 9.33.